The Morgan fingerprint density at radius 1 is 1.44 bits per heavy atom. The molecule has 1 aromatic carbocycles. The lowest BCUT2D eigenvalue weighted by molar-refractivity contribution is 0.247. The summed E-state index contributed by atoms with van der Waals surface area (Å²) in [6, 6.07) is 6.87. The first-order valence-corrected chi connectivity index (χ1v) is 8.17. The van der Waals surface area contributed by atoms with Crippen LogP contribution in [-0.2, 0) is 10.0 Å². The largest absolute Gasteiger partial charge is 0.328 e. The molecule has 0 amide bonds. The van der Waals surface area contributed by atoms with Crippen LogP contribution in [0, 0.1) is 0 Å². The summed E-state index contributed by atoms with van der Waals surface area (Å²) in [6.45, 7) is 2.41. The zero-order chi connectivity index (χ0) is 13.3. The van der Waals surface area contributed by atoms with Gasteiger partial charge in [0.05, 0.1) is 4.90 Å². The maximum Gasteiger partial charge on any atom is 0.243 e. The number of halogens is 1. The van der Waals surface area contributed by atoms with Gasteiger partial charge in [0.2, 0.25) is 10.0 Å². The zero-order valence-corrected chi connectivity index (χ0v) is 12.6. The van der Waals surface area contributed by atoms with Crippen molar-refractivity contribution in [1.29, 1.82) is 0 Å². The standard InChI is InChI=1S/C12H17BrN2O2S/c1-9-7-11(14)5-6-15(9)18(16,17)12-4-2-3-10(13)8-12/h2-4,8-9,11H,5-7,14H2,1H3. The zero-order valence-electron chi connectivity index (χ0n) is 10.2. The Morgan fingerprint density at radius 2 is 2.17 bits per heavy atom. The van der Waals surface area contributed by atoms with Crippen LogP contribution in [0.2, 0.25) is 0 Å². The summed E-state index contributed by atoms with van der Waals surface area (Å²) >= 11 is 3.30. The Hall–Kier alpha value is -0.430. The predicted molar refractivity (Wildman–Crippen MR) is 74.7 cm³/mol. The molecule has 100 valence electrons. The molecule has 2 rings (SSSR count). The normalized spacial score (nSPS) is 26.2. The van der Waals surface area contributed by atoms with E-state index in [1.807, 2.05) is 13.0 Å². The van der Waals surface area contributed by atoms with Gasteiger partial charge in [-0.05, 0) is 38.0 Å². The summed E-state index contributed by atoms with van der Waals surface area (Å²) in [5.74, 6) is 0. The van der Waals surface area contributed by atoms with E-state index in [0.29, 0.717) is 17.9 Å². The third-order valence-electron chi connectivity index (χ3n) is 3.26. The second kappa shape index (κ2) is 5.28. The fourth-order valence-corrected chi connectivity index (χ4v) is 4.56. The van der Waals surface area contributed by atoms with Crippen molar-refractivity contribution in [1.82, 2.24) is 4.31 Å². The molecule has 1 aliphatic rings. The average Bonchev–Trinajstić information content (AvgIpc) is 2.28. The number of hydrogen-bond donors (Lipinski definition) is 1. The second-order valence-corrected chi connectivity index (χ2v) is 7.51. The van der Waals surface area contributed by atoms with E-state index in [4.69, 9.17) is 5.73 Å². The SMILES string of the molecule is CC1CC(N)CCN1S(=O)(=O)c1cccc(Br)c1. The highest BCUT2D eigenvalue weighted by Crippen LogP contribution is 2.26. The van der Waals surface area contributed by atoms with Crippen molar-refractivity contribution in [3.8, 4) is 0 Å². The van der Waals surface area contributed by atoms with Gasteiger partial charge in [-0.1, -0.05) is 22.0 Å². The van der Waals surface area contributed by atoms with Crippen LogP contribution in [-0.4, -0.2) is 31.4 Å². The third kappa shape index (κ3) is 2.77. The first kappa shape index (κ1) is 14.0. The first-order chi connectivity index (χ1) is 8.41. The van der Waals surface area contributed by atoms with Crippen LogP contribution in [0.25, 0.3) is 0 Å². The maximum absolute atomic E-state index is 12.5. The highest BCUT2D eigenvalue weighted by Gasteiger charge is 2.33. The average molecular weight is 333 g/mol. The summed E-state index contributed by atoms with van der Waals surface area (Å²) in [7, 11) is -3.41. The molecule has 0 bridgehead atoms. The second-order valence-electron chi connectivity index (χ2n) is 4.71. The van der Waals surface area contributed by atoms with Crippen molar-refractivity contribution >= 4 is 26.0 Å². The summed E-state index contributed by atoms with van der Waals surface area (Å²) in [5.41, 5.74) is 5.86. The van der Waals surface area contributed by atoms with Gasteiger partial charge in [0.15, 0.2) is 0 Å². The molecule has 0 spiro atoms. The van der Waals surface area contributed by atoms with Gasteiger partial charge in [-0.15, -0.1) is 0 Å². The molecule has 1 fully saturated rings. The highest BCUT2D eigenvalue weighted by molar-refractivity contribution is 9.10. The Morgan fingerprint density at radius 3 is 2.78 bits per heavy atom. The lowest BCUT2D eigenvalue weighted by atomic mass is 10.0. The summed E-state index contributed by atoms with van der Waals surface area (Å²) in [5, 5.41) is 0. The molecule has 2 unspecified atom stereocenters. The lowest BCUT2D eigenvalue weighted by Crippen LogP contribution is -2.48. The van der Waals surface area contributed by atoms with Gasteiger partial charge in [0.25, 0.3) is 0 Å². The smallest absolute Gasteiger partial charge is 0.243 e. The monoisotopic (exact) mass is 332 g/mol. The molecule has 1 saturated heterocycles. The molecule has 0 radical (unpaired) electrons. The van der Waals surface area contributed by atoms with E-state index < -0.39 is 10.0 Å². The van der Waals surface area contributed by atoms with E-state index in [1.54, 1.807) is 22.5 Å². The van der Waals surface area contributed by atoms with Crippen LogP contribution >= 0.6 is 15.9 Å². The molecule has 2 N–H and O–H groups in total. The van der Waals surface area contributed by atoms with Crippen LogP contribution in [0.15, 0.2) is 33.6 Å². The van der Waals surface area contributed by atoms with Gasteiger partial charge < -0.3 is 5.73 Å². The van der Waals surface area contributed by atoms with Gasteiger partial charge in [-0.2, -0.15) is 4.31 Å². The number of rotatable bonds is 2. The van der Waals surface area contributed by atoms with Crippen LogP contribution in [0.4, 0.5) is 0 Å². The minimum Gasteiger partial charge on any atom is -0.328 e. The fraction of sp³-hybridized carbons (Fsp3) is 0.500. The van der Waals surface area contributed by atoms with Crippen LogP contribution in [0.1, 0.15) is 19.8 Å². The summed E-state index contributed by atoms with van der Waals surface area (Å²) < 4.78 is 27.4. The Kier molecular flexibility index (Phi) is 4.11. The Labute approximate surface area is 116 Å². The van der Waals surface area contributed by atoms with E-state index in [9.17, 15) is 8.42 Å². The molecular formula is C12H17BrN2O2S. The van der Waals surface area contributed by atoms with Gasteiger partial charge in [-0.3, -0.25) is 0 Å². The van der Waals surface area contributed by atoms with Crippen molar-refractivity contribution in [2.75, 3.05) is 6.54 Å². The summed E-state index contributed by atoms with van der Waals surface area (Å²) in [4.78, 5) is 0.333. The van der Waals surface area contributed by atoms with E-state index >= 15 is 0 Å². The van der Waals surface area contributed by atoms with Gasteiger partial charge >= 0.3 is 0 Å². The van der Waals surface area contributed by atoms with Crippen molar-refractivity contribution in [3.05, 3.63) is 28.7 Å². The number of piperidine rings is 1. The van der Waals surface area contributed by atoms with Crippen LogP contribution in [0.5, 0.6) is 0 Å². The van der Waals surface area contributed by atoms with E-state index in [-0.39, 0.29) is 12.1 Å². The van der Waals surface area contributed by atoms with E-state index in [2.05, 4.69) is 15.9 Å². The first-order valence-electron chi connectivity index (χ1n) is 5.94. The topological polar surface area (TPSA) is 63.4 Å². The molecule has 2 atom stereocenters. The van der Waals surface area contributed by atoms with Gasteiger partial charge in [0, 0.05) is 23.1 Å². The van der Waals surface area contributed by atoms with Crippen molar-refractivity contribution in [2.24, 2.45) is 5.73 Å². The number of sulfonamides is 1. The van der Waals surface area contributed by atoms with Gasteiger partial charge in [0.1, 0.15) is 0 Å². The molecule has 18 heavy (non-hydrogen) atoms. The number of benzene rings is 1. The minimum absolute atomic E-state index is 0.0438. The minimum atomic E-state index is -3.41. The van der Waals surface area contributed by atoms with E-state index in [1.165, 1.54) is 0 Å². The van der Waals surface area contributed by atoms with Crippen LogP contribution in [0.3, 0.4) is 0 Å². The summed E-state index contributed by atoms with van der Waals surface area (Å²) in [6.07, 6.45) is 1.44. The predicted octanol–water partition coefficient (Wildman–Crippen LogP) is 1.95. The van der Waals surface area contributed by atoms with Gasteiger partial charge in [-0.25, -0.2) is 8.42 Å². The van der Waals surface area contributed by atoms with Crippen LogP contribution < -0.4 is 5.73 Å². The maximum atomic E-state index is 12.5. The fourth-order valence-electron chi connectivity index (χ4n) is 2.31. The molecule has 0 aromatic heterocycles. The molecule has 1 aliphatic heterocycles. The molecule has 4 nitrogen and oxygen atoms in total. The van der Waals surface area contributed by atoms with Crippen molar-refractivity contribution in [2.45, 2.75) is 36.7 Å². The molecule has 0 aliphatic carbocycles. The quantitative estimate of drug-likeness (QED) is 0.900. The van der Waals surface area contributed by atoms with Crippen molar-refractivity contribution < 1.29 is 8.42 Å². The molecule has 1 heterocycles. The number of hydrogen-bond acceptors (Lipinski definition) is 3. The molecule has 1 aromatic rings. The number of nitrogens with zero attached hydrogens (tertiary/aromatic N) is 1. The molecule has 0 saturated carbocycles. The van der Waals surface area contributed by atoms with E-state index in [0.717, 1.165) is 10.9 Å². The van der Waals surface area contributed by atoms with Crippen molar-refractivity contribution in [3.63, 3.8) is 0 Å². The molecule has 6 heteroatoms. The lowest BCUT2D eigenvalue weighted by Gasteiger charge is -2.35. The number of nitrogens with two attached hydrogens (primary N) is 1. The molecular weight excluding hydrogens is 316 g/mol. The Bertz CT molecular complexity index is 533. The third-order valence-corrected chi connectivity index (χ3v) is 5.76. The highest BCUT2D eigenvalue weighted by atomic mass is 79.9. The Balaban J connectivity index is 2.31.